The highest BCUT2D eigenvalue weighted by Crippen LogP contribution is 2.47. The summed E-state index contributed by atoms with van der Waals surface area (Å²) in [5.74, 6) is 1.39. The zero-order valence-electron chi connectivity index (χ0n) is 17.0. The number of aromatic hydroxyl groups is 2. The normalized spacial score (nSPS) is 11.2. The quantitative estimate of drug-likeness (QED) is 0.302. The largest absolute Gasteiger partial charge is 0.508 e. The summed E-state index contributed by atoms with van der Waals surface area (Å²) in [4.78, 5) is 12.5. The molecule has 0 radical (unpaired) electrons. The van der Waals surface area contributed by atoms with E-state index in [1.807, 2.05) is 42.5 Å². The average Bonchev–Trinajstić information content (AvgIpc) is 3.14. The maximum atomic E-state index is 11.6. The molecule has 0 spiro atoms. The van der Waals surface area contributed by atoms with Gasteiger partial charge in [0.25, 0.3) is 0 Å². The molecule has 6 nitrogen and oxygen atoms in total. The summed E-state index contributed by atoms with van der Waals surface area (Å²) in [6.45, 7) is 0.111. The van der Waals surface area contributed by atoms with Crippen LogP contribution in [0.5, 0.6) is 23.0 Å². The molecule has 4 N–H and O–H groups in total. The van der Waals surface area contributed by atoms with Gasteiger partial charge in [0.1, 0.15) is 17.2 Å². The van der Waals surface area contributed by atoms with E-state index >= 15 is 0 Å². The Bertz CT molecular complexity index is 1260. The van der Waals surface area contributed by atoms with Gasteiger partial charge in [-0.15, -0.1) is 11.3 Å². The average molecular weight is 448 g/mol. The van der Waals surface area contributed by atoms with Crippen molar-refractivity contribution >= 4 is 33.4 Å². The van der Waals surface area contributed by atoms with Crippen molar-refractivity contribution in [1.29, 1.82) is 0 Å². The highest BCUT2D eigenvalue weighted by atomic mass is 32.1. The van der Waals surface area contributed by atoms with Gasteiger partial charge in [0.05, 0.1) is 11.5 Å². The third-order valence-corrected chi connectivity index (χ3v) is 5.88. The molecule has 1 amide bonds. The third kappa shape index (κ3) is 4.91. The summed E-state index contributed by atoms with van der Waals surface area (Å²) >= 11 is 1.50. The molecule has 1 heterocycles. The van der Waals surface area contributed by atoms with Gasteiger partial charge < -0.3 is 25.4 Å². The summed E-state index contributed by atoms with van der Waals surface area (Å²) < 4.78 is 7.14. The number of fused-ring (bicyclic) bond motifs is 1. The minimum absolute atomic E-state index is 0.103. The Morgan fingerprint density at radius 3 is 2.41 bits per heavy atom. The third-order valence-electron chi connectivity index (χ3n) is 4.70. The number of phenolic OH excluding ortho intramolecular Hbond substituents is 2. The van der Waals surface area contributed by atoms with E-state index in [-0.39, 0.29) is 30.6 Å². The number of rotatable bonds is 7. The molecule has 0 bridgehead atoms. The molecule has 0 aliphatic heterocycles. The van der Waals surface area contributed by atoms with Gasteiger partial charge in [-0.1, -0.05) is 12.1 Å². The van der Waals surface area contributed by atoms with E-state index in [1.165, 1.54) is 17.4 Å². The molecule has 32 heavy (non-hydrogen) atoms. The van der Waals surface area contributed by atoms with Crippen molar-refractivity contribution in [3.8, 4) is 33.4 Å². The molecule has 1 aromatic heterocycles. The number of aliphatic hydroxyl groups excluding tert-OH is 1. The second kappa shape index (κ2) is 9.55. The number of thiophene rings is 1. The van der Waals surface area contributed by atoms with Gasteiger partial charge in [0.15, 0.2) is 5.75 Å². The summed E-state index contributed by atoms with van der Waals surface area (Å²) in [5, 5.41) is 31.7. The Kier molecular flexibility index (Phi) is 6.39. The van der Waals surface area contributed by atoms with Gasteiger partial charge in [-0.2, -0.15) is 0 Å². The number of carbonyl (C=O) groups is 1. The number of hydrogen-bond donors (Lipinski definition) is 4. The molecular weight excluding hydrogens is 426 g/mol. The predicted molar refractivity (Wildman–Crippen MR) is 126 cm³/mol. The van der Waals surface area contributed by atoms with Crippen LogP contribution in [0.15, 0.2) is 72.8 Å². The topological polar surface area (TPSA) is 99.0 Å². The van der Waals surface area contributed by atoms with Crippen molar-refractivity contribution in [3.05, 3.63) is 78.4 Å². The first-order valence-corrected chi connectivity index (χ1v) is 10.7. The first-order valence-electron chi connectivity index (χ1n) is 9.93. The van der Waals surface area contributed by atoms with Gasteiger partial charge in [0.2, 0.25) is 5.91 Å². The highest BCUT2D eigenvalue weighted by Gasteiger charge is 2.17. The van der Waals surface area contributed by atoms with Crippen molar-refractivity contribution in [2.75, 3.05) is 13.2 Å². The lowest BCUT2D eigenvalue weighted by atomic mass is 10.1. The van der Waals surface area contributed by atoms with E-state index in [9.17, 15) is 15.0 Å². The lowest BCUT2D eigenvalue weighted by Crippen LogP contribution is -2.24. The fraction of sp³-hybridized carbons (Fsp3) is 0.0800. The molecular formula is C25H21NO5S. The Hall–Kier alpha value is -3.81. The molecule has 0 fully saturated rings. The number of amides is 1. The predicted octanol–water partition coefficient (Wildman–Crippen LogP) is 4.89. The smallest absolute Gasteiger partial charge is 0.244 e. The Morgan fingerprint density at radius 1 is 0.969 bits per heavy atom. The summed E-state index contributed by atoms with van der Waals surface area (Å²) in [6, 6.07) is 19.3. The Balaban J connectivity index is 1.62. The van der Waals surface area contributed by atoms with Gasteiger partial charge in [0, 0.05) is 22.7 Å². The molecule has 0 aliphatic rings. The van der Waals surface area contributed by atoms with Gasteiger partial charge in [-0.25, -0.2) is 0 Å². The van der Waals surface area contributed by atoms with Crippen molar-refractivity contribution in [3.63, 3.8) is 0 Å². The Labute approximate surface area is 188 Å². The summed E-state index contributed by atoms with van der Waals surface area (Å²) in [5.41, 5.74) is 1.72. The van der Waals surface area contributed by atoms with Gasteiger partial charge in [-0.3, -0.25) is 4.79 Å². The van der Waals surface area contributed by atoms with E-state index in [1.54, 1.807) is 30.3 Å². The number of nitrogens with one attached hydrogen (secondary N) is 1. The summed E-state index contributed by atoms with van der Waals surface area (Å²) in [6.07, 6.45) is 3.09. The van der Waals surface area contributed by atoms with Gasteiger partial charge >= 0.3 is 0 Å². The van der Waals surface area contributed by atoms with Crippen LogP contribution in [0.3, 0.4) is 0 Å². The van der Waals surface area contributed by atoms with Crippen LogP contribution < -0.4 is 10.1 Å². The monoisotopic (exact) mass is 447 g/mol. The van der Waals surface area contributed by atoms with E-state index in [0.717, 1.165) is 26.1 Å². The number of phenols is 2. The van der Waals surface area contributed by atoms with E-state index < -0.39 is 0 Å². The summed E-state index contributed by atoms with van der Waals surface area (Å²) in [7, 11) is 0. The van der Waals surface area contributed by atoms with Crippen LogP contribution in [0.1, 0.15) is 5.56 Å². The van der Waals surface area contributed by atoms with Crippen LogP contribution in [-0.2, 0) is 4.79 Å². The van der Waals surface area contributed by atoms with Crippen LogP contribution in [0.2, 0.25) is 0 Å². The molecule has 7 heteroatoms. The second-order valence-corrected chi connectivity index (χ2v) is 8.06. The first kappa shape index (κ1) is 21.4. The van der Waals surface area contributed by atoms with Crippen molar-refractivity contribution in [2.24, 2.45) is 0 Å². The molecule has 0 saturated heterocycles. The molecule has 4 aromatic rings. The molecule has 162 valence electrons. The lowest BCUT2D eigenvalue weighted by molar-refractivity contribution is -0.116. The molecule has 0 aliphatic carbocycles. The number of aliphatic hydroxyl groups is 1. The number of carbonyl (C=O) groups excluding carboxylic acids is 1. The number of ether oxygens (including phenoxy) is 1. The van der Waals surface area contributed by atoms with E-state index in [2.05, 4.69) is 5.32 Å². The lowest BCUT2D eigenvalue weighted by Gasteiger charge is -2.09. The molecule has 0 unspecified atom stereocenters. The van der Waals surface area contributed by atoms with Crippen molar-refractivity contribution in [2.45, 2.75) is 0 Å². The Morgan fingerprint density at radius 2 is 1.69 bits per heavy atom. The minimum Gasteiger partial charge on any atom is -0.508 e. The van der Waals surface area contributed by atoms with Crippen LogP contribution in [0.25, 0.3) is 26.6 Å². The molecule has 0 saturated carbocycles. The van der Waals surface area contributed by atoms with Crippen LogP contribution in [-0.4, -0.2) is 34.4 Å². The maximum Gasteiger partial charge on any atom is 0.244 e. The maximum absolute atomic E-state index is 11.6. The minimum atomic E-state index is -0.272. The zero-order chi connectivity index (χ0) is 22.5. The van der Waals surface area contributed by atoms with E-state index in [4.69, 9.17) is 9.84 Å². The highest BCUT2D eigenvalue weighted by molar-refractivity contribution is 7.22. The number of hydrogen-bond acceptors (Lipinski definition) is 6. The zero-order valence-corrected chi connectivity index (χ0v) is 17.8. The van der Waals surface area contributed by atoms with Crippen LogP contribution in [0.4, 0.5) is 0 Å². The fourth-order valence-electron chi connectivity index (χ4n) is 3.14. The SMILES string of the molecule is O=C(C=Cc1ccc(Oc2c(-c3ccc(O)cc3)sc3cc(O)ccc23)cc1)NCCO. The fourth-order valence-corrected chi connectivity index (χ4v) is 4.31. The van der Waals surface area contributed by atoms with Gasteiger partial charge in [-0.05, 0) is 71.8 Å². The van der Waals surface area contributed by atoms with E-state index in [0.29, 0.717) is 11.5 Å². The number of benzene rings is 3. The molecule has 3 aromatic carbocycles. The van der Waals surface area contributed by atoms with Crippen molar-refractivity contribution < 1.29 is 24.9 Å². The second-order valence-electron chi connectivity index (χ2n) is 7.01. The van der Waals surface area contributed by atoms with Crippen LogP contribution >= 0.6 is 11.3 Å². The first-order chi connectivity index (χ1) is 15.5. The standard InChI is InChI=1S/C25H21NO5S/c27-14-13-26-23(30)12-3-16-1-9-20(10-2-16)31-24-21-11-8-19(29)15-22(21)32-25(24)17-4-6-18(28)7-5-17/h1-12,15,27-29H,13-14H2,(H,26,30). The van der Waals surface area contributed by atoms with Crippen LogP contribution in [0, 0.1) is 0 Å². The molecule has 4 rings (SSSR count). The van der Waals surface area contributed by atoms with Crippen molar-refractivity contribution in [1.82, 2.24) is 5.32 Å². The molecule has 0 atom stereocenters.